The Morgan fingerprint density at radius 2 is 2.30 bits per heavy atom. The fourth-order valence-electron chi connectivity index (χ4n) is 0.552. The van der Waals surface area contributed by atoms with E-state index in [1.54, 1.807) is 0 Å². The quantitative estimate of drug-likeness (QED) is 0.566. The van der Waals surface area contributed by atoms with Gasteiger partial charge in [0.2, 0.25) is 0 Å². The Morgan fingerprint density at radius 1 is 1.60 bits per heavy atom. The highest BCUT2D eigenvalue weighted by Crippen LogP contribution is 1.91. The first-order chi connectivity index (χ1) is 4.81. The summed E-state index contributed by atoms with van der Waals surface area (Å²) in [5.41, 5.74) is 0. The molecule has 0 heterocycles. The van der Waals surface area contributed by atoms with Crippen molar-refractivity contribution in [2.75, 3.05) is 19.9 Å². The van der Waals surface area contributed by atoms with E-state index in [1.807, 2.05) is 6.92 Å². The molecule has 0 bridgehead atoms. The van der Waals surface area contributed by atoms with Crippen molar-refractivity contribution in [3.8, 4) is 0 Å². The van der Waals surface area contributed by atoms with Crippen LogP contribution in [0, 0.1) is 0 Å². The molecule has 0 fully saturated rings. The molecular weight excluding hydrogens is 134 g/mol. The van der Waals surface area contributed by atoms with Gasteiger partial charge in [0.1, 0.15) is 6.61 Å². The molecule has 0 N–H and O–H groups in total. The van der Waals surface area contributed by atoms with Gasteiger partial charge in [0.15, 0.2) is 5.78 Å². The van der Waals surface area contributed by atoms with Gasteiger partial charge in [-0.2, -0.15) is 0 Å². The van der Waals surface area contributed by atoms with Gasteiger partial charge < -0.3 is 4.74 Å². The number of ketones is 1. The molecule has 3 heteroatoms. The van der Waals surface area contributed by atoms with Gasteiger partial charge >= 0.3 is 0 Å². The van der Waals surface area contributed by atoms with Crippen LogP contribution < -0.4 is 0 Å². The molecule has 0 amide bonds. The van der Waals surface area contributed by atoms with Crippen molar-refractivity contribution in [2.45, 2.75) is 19.8 Å². The Labute approximate surface area is 60.4 Å². The van der Waals surface area contributed by atoms with E-state index in [0.717, 1.165) is 0 Å². The van der Waals surface area contributed by atoms with E-state index in [0.29, 0.717) is 19.4 Å². The van der Waals surface area contributed by atoms with Crippen LogP contribution >= 0.6 is 0 Å². The van der Waals surface area contributed by atoms with E-state index in [9.17, 15) is 9.18 Å². The SMILES string of the molecule is CCOCC(=O)CCC[18F]. The third-order valence-electron chi connectivity index (χ3n) is 1.06. The Balaban J connectivity index is 3.09. The van der Waals surface area contributed by atoms with Crippen molar-refractivity contribution in [1.82, 2.24) is 0 Å². The molecule has 10 heavy (non-hydrogen) atoms. The topological polar surface area (TPSA) is 26.3 Å². The summed E-state index contributed by atoms with van der Waals surface area (Å²) >= 11 is 0. The Hall–Kier alpha value is -0.440. The summed E-state index contributed by atoms with van der Waals surface area (Å²) in [6.45, 7) is 2.08. The lowest BCUT2D eigenvalue weighted by molar-refractivity contribution is -0.123. The van der Waals surface area contributed by atoms with Gasteiger partial charge in [-0.1, -0.05) is 0 Å². The van der Waals surface area contributed by atoms with Crippen molar-refractivity contribution in [2.24, 2.45) is 0 Å². The first-order valence-electron chi connectivity index (χ1n) is 3.46. The van der Waals surface area contributed by atoms with E-state index in [1.165, 1.54) is 0 Å². The van der Waals surface area contributed by atoms with Crippen molar-refractivity contribution >= 4 is 5.78 Å². The molecule has 0 aliphatic heterocycles. The van der Waals surface area contributed by atoms with Gasteiger partial charge in [0.05, 0.1) is 6.67 Å². The molecular formula is C7H13FO2. The summed E-state index contributed by atoms with van der Waals surface area (Å²) in [7, 11) is 0. The monoisotopic (exact) mass is 147 g/mol. The molecule has 0 aromatic heterocycles. The lowest BCUT2D eigenvalue weighted by Gasteiger charge is -1.97. The molecule has 0 rings (SSSR count). The molecule has 0 saturated carbocycles. The summed E-state index contributed by atoms with van der Waals surface area (Å²) in [4.78, 5) is 10.7. The third kappa shape index (κ3) is 5.69. The van der Waals surface area contributed by atoms with Crippen molar-refractivity contribution < 1.29 is 13.9 Å². The van der Waals surface area contributed by atoms with E-state index < -0.39 is 6.67 Å². The van der Waals surface area contributed by atoms with Crippen molar-refractivity contribution in [3.63, 3.8) is 0 Å². The maximum Gasteiger partial charge on any atom is 0.158 e. The molecule has 2 nitrogen and oxygen atoms in total. The third-order valence-corrected chi connectivity index (χ3v) is 1.06. The Kier molecular flexibility index (Phi) is 6.38. The second kappa shape index (κ2) is 6.68. The van der Waals surface area contributed by atoms with Gasteiger partial charge in [-0.25, -0.2) is 0 Å². The first kappa shape index (κ1) is 9.56. The number of alkyl halides is 1. The summed E-state index contributed by atoms with van der Waals surface area (Å²) in [6, 6.07) is 0. The van der Waals surface area contributed by atoms with E-state index in [2.05, 4.69) is 0 Å². The van der Waals surface area contributed by atoms with Gasteiger partial charge in [-0.15, -0.1) is 0 Å². The molecule has 0 aliphatic rings. The lowest BCUT2D eigenvalue weighted by Crippen LogP contribution is -2.08. The maximum atomic E-state index is 11.5. The molecule has 0 aromatic carbocycles. The zero-order valence-electron chi connectivity index (χ0n) is 6.23. The average Bonchev–Trinajstić information content (AvgIpc) is 1.97. The number of carbonyl (C=O) groups excluding carboxylic acids is 1. The van der Waals surface area contributed by atoms with Gasteiger partial charge in [-0.3, -0.25) is 9.18 Å². The van der Waals surface area contributed by atoms with Crippen molar-refractivity contribution in [1.29, 1.82) is 0 Å². The fraction of sp³-hybridized carbons (Fsp3) is 0.857. The van der Waals surface area contributed by atoms with Crippen molar-refractivity contribution in [3.05, 3.63) is 0 Å². The van der Waals surface area contributed by atoms with E-state index >= 15 is 0 Å². The molecule has 60 valence electrons. The minimum atomic E-state index is -0.419. The largest absolute Gasteiger partial charge is 0.374 e. The molecule has 0 radical (unpaired) electrons. The zero-order valence-corrected chi connectivity index (χ0v) is 6.23. The predicted molar refractivity (Wildman–Crippen MR) is 36.7 cm³/mol. The van der Waals surface area contributed by atoms with Crippen LogP contribution in [0.4, 0.5) is 4.39 Å². The van der Waals surface area contributed by atoms with Crippen LogP contribution in [0.2, 0.25) is 0 Å². The molecule has 0 atom stereocenters. The van der Waals surface area contributed by atoms with Gasteiger partial charge in [0.25, 0.3) is 0 Å². The first-order valence-corrected chi connectivity index (χ1v) is 3.46. The van der Waals surface area contributed by atoms with Crippen LogP contribution in [0.25, 0.3) is 0 Å². The number of ether oxygens (including phenoxy) is 1. The highest BCUT2D eigenvalue weighted by molar-refractivity contribution is 5.79. The Bertz CT molecular complexity index is 83.6. The van der Waals surface area contributed by atoms with Crippen LogP contribution in [-0.2, 0) is 9.53 Å². The van der Waals surface area contributed by atoms with Crippen LogP contribution in [0.15, 0.2) is 0 Å². The molecule has 0 unspecified atom stereocenters. The fourth-order valence-corrected chi connectivity index (χ4v) is 0.552. The van der Waals surface area contributed by atoms with Crippen LogP contribution in [-0.4, -0.2) is 25.7 Å². The molecule has 0 aliphatic carbocycles. The van der Waals surface area contributed by atoms with Crippen LogP contribution in [0.3, 0.4) is 0 Å². The number of hydrogen-bond donors (Lipinski definition) is 0. The summed E-state index contributed by atoms with van der Waals surface area (Å²) in [6.07, 6.45) is 0.627. The second-order valence-corrected chi connectivity index (χ2v) is 1.97. The summed E-state index contributed by atoms with van der Waals surface area (Å²) in [5, 5.41) is 0. The van der Waals surface area contributed by atoms with Gasteiger partial charge in [0, 0.05) is 13.0 Å². The minimum Gasteiger partial charge on any atom is -0.374 e. The number of halogens is 1. The highest BCUT2D eigenvalue weighted by Gasteiger charge is 1.99. The highest BCUT2D eigenvalue weighted by atomic mass is 18.2. The normalized spacial score (nSPS) is 9.80. The smallest absolute Gasteiger partial charge is 0.158 e. The zero-order chi connectivity index (χ0) is 7.82. The number of Topliss-reactive ketones (excluding diaryl/α,β-unsaturated/α-hetero) is 1. The van der Waals surface area contributed by atoms with E-state index in [-0.39, 0.29) is 12.4 Å². The predicted octanol–water partition coefficient (Wildman–Crippen LogP) is 1.34. The summed E-state index contributed by atoms with van der Waals surface area (Å²) in [5.74, 6) is -0.0144. The minimum absolute atomic E-state index is 0.0144. The van der Waals surface area contributed by atoms with Gasteiger partial charge in [-0.05, 0) is 13.3 Å². The van der Waals surface area contributed by atoms with Crippen LogP contribution in [0.1, 0.15) is 19.8 Å². The lowest BCUT2D eigenvalue weighted by atomic mass is 10.2. The summed E-state index contributed by atoms with van der Waals surface area (Å²) < 4.78 is 16.3. The standard InChI is InChI=1S/C7H13FO2/c1-2-10-6-7(9)4-3-5-8/h2-6H2,1H3/i8-1. The second-order valence-electron chi connectivity index (χ2n) is 1.97. The number of hydrogen-bond acceptors (Lipinski definition) is 2. The molecule has 0 saturated heterocycles. The van der Waals surface area contributed by atoms with Crippen LogP contribution in [0.5, 0.6) is 0 Å². The molecule has 0 aromatic rings. The maximum absolute atomic E-state index is 11.5. The number of rotatable bonds is 6. The Morgan fingerprint density at radius 3 is 2.80 bits per heavy atom. The molecule has 0 spiro atoms. The average molecular weight is 147 g/mol. The van der Waals surface area contributed by atoms with E-state index in [4.69, 9.17) is 4.74 Å². The number of carbonyl (C=O) groups is 1.